The van der Waals surface area contributed by atoms with E-state index in [2.05, 4.69) is 4.72 Å². The van der Waals surface area contributed by atoms with Crippen LogP contribution in [0.3, 0.4) is 0 Å². The molecule has 0 unspecified atom stereocenters. The zero-order valence-electron chi connectivity index (χ0n) is 15.2. The lowest BCUT2D eigenvalue weighted by Crippen LogP contribution is -2.29. The number of carbonyl (C=O) groups is 1. The fourth-order valence-corrected chi connectivity index (χ4v) is 4.38. The van der Waals surface area contributed by atoms with Gasteiger partial charge in [-0.25, -0.2) is 13.1 Å². The predicted octanol–water partition coefficient (Wildman–Crippen LogP) is 3.37. The maximum Gasteiger partial charge on any atom is 0.258 e. The Balaban J connectivity index is 1.53. The molecule has 0 spiro atoms. The summed E-state index contributed by atoms with van der Waals surface area (Å²) in [4.78, 5) is 14.8. The van der Waals surface area contributed by atoms with E-state index in [1.54, 1.807) is 47.4 Å². The van der Waals surface area contributed by atoms with Gasteiger partial charge < -0.3 is 4.90 Å². The standard InChI is InChI=1S/C22H20N2O3S/c25-22(19-7-3-1-4-8-19)24-14-13-18-12-11-17(15-21(18)24)16-23-28(26,27)20-9-5-2-6-10-20/h1-12,15,23H,13-14,16H2. The molecule has 0 bridgehead atoms. The van der Waals surface area contributed by atoms with Crippen molar-refractivity contribution >= 4 is 21.6 Å². The minimum Gasteiger partial charge on any atom is -0.308 e. The van der Waals surface area contributed by atoms with Crippen molar-refractivity contribution in [3.8, 4) is 0 Å². The number of nitrogens with zero attached hydrogens (tertiary/aromatic N) is 1. The summed E-state index contributed by atoms with van der Waals surface area (Å²) in [5.41, 5.74) is 3.40. The molecule has 6 heteroatoms. The number of benzene rings is 3. The molecule has 0 saturated heterocycles. The monoisotopic (exact) mass is 392 g/mol. The Hall–Kier alpha value is -2.96. The Morgan fingerprint density at radius 3 is 2.32 bits per heavy atom. The Morgan fingerprint density at radius 1 is 0.929 bits per heavy atom. The third-order valence-electron chi connectivity index (χ3n) is 4.83. The number of sulfonamides is 1. The first-order valence-electron chi connectivity index (χ1n) is 9.08. The van der Waals surface area contributed by atoms with E-state index in [9.17, 15) is 13.2 Å². The smallest absolute Gasteiger partial charge is 0.258 e. The van der Waals surface area contributed by atoms with Crippen LogP contribution in [0.15, 0.2) is 83.8 Å². The van der Waals surface area contributed by atoms with E-state index < -0.39 is 10.0 Å². The van der Waals surface area contributed by atoms with Crippen LogP contribution in [0.4, 0.5) is 5.69 Å². The van der Waals surface area contributed by atoms with Crippen molar-refractivity contribution in [3.63, 3.8) is 0 Å². The van der Waals surface area contributed by atoms with Crippen molar-refractivity contribution in [2.75, 3.05) is 11.4 Å². The molecule has 0 radical (unpaired) electrons. The summed E-state index contributed by atoms with van der Waals surface area (Å²) in [6.07, 6.45) is 0.796. The highest BCUT2D eigenvalue weighted by atomic mass is 32.2. The van der Waals surface area contributed by atoms with Crippen molar-refractivity contribution < 1.29 is 13.2 Å². The number of rotatable bonds is 5. The predicted molar refractivity (Wildman–Crippen MR) is 109 cm³/mol. The molecule has 1 amide bonds. The first-order valence-corrected chi connectivity index (χ1v) is 10.6. The Labute approximate surface area is 164 Å². The summed E-state index contributed by atoms with van der Waals surface area (Å²) in [6, 6.07) is 23.2. The quantitative estimate of drug-likeness (QED) is 0.724. The first-order chi connectivity index (χ1) is 13.5. The average Bonchev–Trinajstić information content (AvgIpc) is 3.16. The van der Waals surface area contributed by atoms with Crippen molar-refractivity contribution in [2.24, 2.45) is 0 Å². The van der Waals surface area contributed by atoms with Crippen LogP contribution in [0.5, 0.6) is 0 Å². The number of hydrogen-bond donors (Lipinski definition) is 1. The Kier molecular flexibility index (Phi) is 4.98. The molecule has 5 nitrogen and oxygen atoms in total. The molecule has 3 aromatic rings. The maximum atomic E-state index is 12.8. The molecular weight excluding hydrogens is 372 g/mol. The van der Waals surface area contributed by atoms with Gasteiger partial charge in [-0.2, -0.15) is 0 Å². The molecule has 1 aliphatic heterocycles. The van der Waals surface area contributed by atoms with Gasteiger partial charge in [0, 0.05) is 24.3 Å². The second-order valence-corrected chi connectivity index (χ2v) is 8.44. The summed E-state index contributed by atoms with van der Waals surface area (Å²) < 4.78 is 27.5. The highest BCUT2D eigenvalue weighted by Crippen LogP contribution is 2.30. The summed E-state index contributed by atoms with van der Waals surface area (Å²) in [5.74, 6) is -0.0404. The minimum atomic E-state index is -3.58. The fraction of sp³-hybridized carbons (Fsp3) is 0.136. The molecule has 1 aliphatic rings. The molecule has 0 fully saturated rings. The van der Waals surface area contributed by atoms with Crippen molar-refractivity contribution in [2.45, 2.75) is 17.9 Å². The van der Waals surface area contributed by atoms with Crippen LogP contribution in [0, 0.1) is 0 Å². The molecule has 1 heterocycles. The van der Waals surface area contributed by atoms with Gasteiger partial charge in [-0.1, -0.05) is 48.5 Å². The highest BCUT2D eigenvalue weighted by molar-refractivity contribution is 7.89. The lowest BCUT2D eigenvalue weighted by molar-refractivity contribution is 0.0989. The lowest BCUT2D eigenvalue weighted by atomic mass is 10.1. The van der Waals surface area contributed by atoms with Crippen molar-refractivity contribution in [1.82, 2.24) is 4.72 Å². The number of nitrogens with one attached hydrogen (secondary N) is 1. The van der Waals surface area contributed by atoms with Crippen LogP contribution < -0.4 is 9.62 Å². The molecule has 1 N–H and O–H groups in total. The van der Waals surface area contributed by atoms with E-state index in [0.29, 0.717) is 12.1 Å². The normalized spacial score (nSPS) is 13.4. The molecular formula is C22H20N2O3S. The third kappa shape index (κ3) is 3.69. The molecule has 142 valence electrons. The number of fused-ring (bicyclic) bond motifs is 1. The van der Waals surface area contributed by atoms with Crippen LogP contribution in [-0.4, -0.2) is 20.9 Å². The largest absolute Gasteiger partial charge is 0.308 e. The number of hydrogen-bond acceptors (Lipinski definition) is 3. The third-order valence-corrected chi connectivity index (χ3v) is 6.25. The number of amides is 1. The highest BCUT2D eigenvalue weighted by Gasteiger charge is 2.26. The zero-order valence-corrected chi connectivity index (χ0v) is 16.0. The summed E-state index contributed by atoms with van der Waals surface area (Å²) in [5, 5.41) is 0. The van der Waals surface area contributed by atoms with E-state index in [0.717, 1.165) is 23.2 Å². The van der Waals surface area contributed by atoms with Crippen molar-refractivity contribution in [3.05, 3.63) is 95.6 Å². The Morgan fingerprint density at radius 2 is 1.61 bits per heavy atom. The zero-order chi connectivity index (χ0) is 19.6. The topological polar surface area (TPSA) is 66.5 Å². The molecule has 4 rings (SSSR count). The van der Waals surface area contributed by atoms with E-state index in [-0.39, 0.29) is 17.3 Å². The van der Waals surface area contributed by atoms with E-state index in [4.69, 9.17) is 0 Å². The molecule has 0 aliphatic carbocycles. The summed E-state index contributed by atoms with van der Waals surface area (Å²) in [7, 11) is -3.58. The molecule has 0 saturated carbocycles. The van der Waals surface area contributed by atoms with Crippen LogP contribution in [0.1, 0.15) is 21.5 Å². The first kappa shape index (κ1) is 18.4. The number of carbonyl (C=O) groups excluding carboxylic acids is 1. The van der Waals surface area contributed by atoms with Gasteiger partial charge in [0.1, 0.15) is 0 Å². The lowest BCUT2D eigenvalue weighted by Gasteiger charge is -2.18. The maximum absolute atomic E-state index is 12.8. The molecule has 28 heavy (non-hydrogen) atoms. The van der Waals surface area contributed by atoms with Gasteiger partial charge in [-0.3, -0.25) is 4.79 Å². The molecule has 0 aromatic heterocycles. The van der Waals surface area contributed by atoms with Crippen LogP contribution >= 0.6 is 0 Å². The van der Waals surface area contributed by atoms with Crippen LogP contribution in [-0.2, 0) is 23.0 Å². The Bertz CT molecular complexity index is 1100. The summed E-state index contributed by atoms with van der Waals surface area (Å²) >= 11 is 0. The second-order valence-electron chi connectivity index (χ2n) is 6.67. The van der Waals surface area contributed by atoms with Gasteiger partial charge in [-0.15, -0.1) is 0 Å². The van der Waals surface area contributed by atoms with Gasteiger partial charge in [-0.05, 0) is 47.9 Å². The van der Waals surface area contributed by atoms with Gasteiger partial charge in [0.2, 0.25) is 10.0 Å². The van der Waals surface area contributed by atoms with E-state index >= 15 is 0 Å². The second kappa shape index (κ2) is 7.58. The average molecular weight is 392 g/mol. The van der Waals surface area contributed by atoms with Crippen LogP contribution in [0.2, 0.25) is 0 Å². The summed E-state index contributed by atoms with van der Waals surface area (Å²) in [6.45, 7) is 0.792. The van der Waals surface area contributed by atoms with E-state index in [1.165, 1.54) is 0 Å². The molecule has 0 atom stereocenters. The molecule has 3 aromatic carbocycles. The van der Waals surface area contributed by atoms with Crippen molar-refractivity contribution in [1.29, 1.82) is 0 Å². The SMILES string of the molecule is O=C(c1ccccc1)N1CCc2ccc(CNS(=O)(=O)c3ccccc3)cc21. The van der Waals surface area contributed by atoms with Crippen LogP contribution in [0.25, 0.3) is 0 Å². The van der Waals surface area contributed by atoms with Gasteiger partial charge >= 0.3 is 0 Å². The van der Waals surface area contributed by atoms with Gasteiger partial charge in [0.15, 0.2) is 0 Å². The number of anilines is 1. The van der Waals surface area contributed by atoms with Gasteiger partial charge in [0.25, 0.3) is 5.91 Å². The van der Waals surface area contributed by atoms with Gasteiger partial charge in [0.05, 0.1) is 4.90 Å². The minimum absolute atomic E-state index is 0.0404. The van der Waals surface area contributed by atoms with E-state index in [1.807, 2.05) is 36.4 Å². The fourth-order valence-electron chi connectivity index (χ4n) is 3.34.